The number of benzene rings is 1. The number of ether oxygens (including phenoxy) is 3. The molecule has 1 unspecified atom stereocenters. The van der Waals surface area contributed by atoms with Gasteiger partial charge in [-0.05, 0) is 12.1 Å². The third-order valence-electron chi connectivity index (χ3n) is 3.63. The molecule has 110 valence electrons. The molecule has 1 fully saturated rings. The van der Waals surface area contributed by atoms with Crippen molar-refractivity contribution < 1.29 is 14.2 Å². The summed E-state index contributed by atoms with van der Waals surface area (Å²) in [4.78, 5) is 2.33. The Hall–Kier alpha value is -0.850. The van der Waals surface area contributed by atoms with Crippen LogP contribution in [0.3, 0.4) is 0 Å². The summed E-state index contributed by atoms with van der Waals surface area (Å²) in [5.74, 6) is 0.913. The molecule has 0 aliphatic carbocycles. The maximum atomic E-state index is 6.18. The molecule has 1 aromatic rings. The van der Waals surface area contributed by atoms with Gasteiger partial charge in [-0.3, -0.25) is 4.90 Å². The Morgan fingerprint density at radius 3 is 3.15 bits per heavy atom. The molecule has 0 bridgehead atoms. The zero-order chi connectivity index (χ0) is 13.9. The summed E-state index contributed by atoms with van der Waals surface area (Å²) in [5.41, 5.74) is 7.80. The van der Waals surface area contributed by atoms with E-state index in [1.165, 1.54) is 0 Å². The summed E-state index contributed by atoms with van der Waals surface area (Å²) in [6.07, 6.45) is 0.114. The second kappa shape index (κ2) is 6.28. The van der Waals surface area contributed by atoms with Crippen molar-refractivity contribution in [3.05, 3.63) is 28.3 Å². The maximum Gasteiger partial charge on any atom is 0.189 e. The molecule has 1 aromatic carbocycles. The van der Waals surface area contributed by atoms with E-state index in [1.807, 2.05) is 12.1 Å². The number of nitrogens with zero attached hydrogens (tertiary/aromatic N) is 1. The van der Waals surface area contributed by atoms with Gasteiger partial charge in [0.1, 0.15) is 5.75 Å². The molecule has 6 heteroatoms. The highest BCUT2D eigenvalue weighted by atomic mass is 35.5. The van der Waals surface area contributed by atoms with E-state index in [1.54, 1.807) is 0 Å². The van der Waals surface area contributed by atoms with E-state index in [-0.39, 0.29) is 6.10 Å². The van der Waals surface area contributed by atoms with Crippen molar-refractivity contribution in [2.75, 3.05) is 33.0 Å². The summed E-state index contributed by atoms with van der Waals surface area (Å²) >= 11 is 6.18. The lowest BCUT2D eigenvalue weighted by atomic mass is 10.1. The van der Waals surface area contributed by atoms with Crippen LogP contribution in [-0.2, 0) is 22.6 Å². The van der Waals surface area contributed by atoms with Gasteiger partial charge in [0.2, 0.25) is 0 Å². The van der Waals surface area contributed by atoms with Gasteiger partial charge in [0.25, 0.3) is 0 Å². The Kier molecular flexibility index (Phi) is 4.43. The first kappa shape index (κ1) is 14.1. The molecule has 1 saturated heterocycles. The zero-order valence-corrected chi connectivity index (χ0v) is 12.1. The van der Waals surface area contributed by atoms with Gasteiger partial charge in [0, 0.05) is 42.3 Å². The van der Waals surface area contributed by atoms with Crippen molar-refractivity contribution in [1.29, 1.82) is 0 Å². The smallest absolute Gasteiger partial charge is 0.189 e. The standard InChI is InChI=1S/C14H19ClN2O3/c15-12-3-10(14-11(4-12)8-18-9-20-14)6-17-1-2-19-13(5-16)7-17/h3-4,13H,1-2,5-9,16H2. The van der Waals surface area contributed by atoms with Gasteiger partial charge in [-0.1, -0.05) is 11.6 Å². The molecule has 1 atom stereocenters. The van der Waals surface area contributed by atoms with Gasteiger partial charge < -0.3 is 19.9 Å². The quantitative estimate of drug-likeness (QED) is 0.913. The van der Waals surface area contributed by atoms with E-state index in [4.69, 9.17) is 31.5 Å². The van der Waals surface area contributed by atoms with Crippen molar-refractivity contribution in [2.45, 2.75) is 19.3 Å². The Bertz CT molecular complexity index is 484. The molecule has 2 heterocycles. The summed E-state index contributed by atoms with van der Waals surface area (Å²) in [5, 5.41) is 0.719. The number of hydrogen-bond donors (Lipinski definition) is 1. The summed E-state index contributed by atoms with van der Waals surface area (Å²) in [6, 6.07) is 3.88. The molecule has 0 aromatic heterocycles. The van der Waals surface area contributed by atoms with Gasteiger partial charge in [0.15, 0.2) is 6.79 Å². The van der Waals surface area contributed by atoms with Crippen molar-refractivity contribution in [3.63, 3.8) is 0 Å². The van der Waals surface area contributed by atoms with Crippen LogP contribution in [0.4, 0.5) is 0 Å². The lowest BCUT2D eigenvalue weighted by Gasteiger charge is -2.33. The first-order chi connectivity index (χ1) is 9.76. The van der Waals surface area contributed by atoms with Crippen LogP contribution in [0.2, 0.25) is 5.02 Å². The third kappa shape index (κ3) is 3.07. The minimum Gasteiger partial charge on any atom is -0.467 e. The van der Waals surface area contributed by atoms with Crippen LogP contribution >= 0.6 is 11.6 Å². The molecule has 0 amide bonds. The van der Waals surface area contributed by atoms with Gasteiger partial charge in [-0.25, -0.2) is 0 Å². The molecule has 2 N–H and O–H groups in total. The highest BCUT2D eigenvalue weighted by Crippen LogP contribution is 2.32. The minimum absolute atomic E-state index is 0.114. The molecular weight excluding hydrogens is 280 g/mol. The van der Waals surface area contributed by atoms with E-state index in [0.717, 1.165) is 41.5 Å². The van der Waals surface area contributed by atoms with Crippen LogP contribution in [0.5, 0.6) is 5.75 Å². The second-order valence-electron chi connectivity index (χ2n) is 5.13. The summed E-state index contributed by atoms with van der Waals surface area (Å²) in [6.45, 7) is 4.65. The van der Waals surface area contributed by atoms with Crippen LogP contribution in [0.1, 0.15) is 11.1 Å². The van der Waals surface area contributed by atoms with Crippen LogP contribution < -0.4 is 10.5 Å². The van der Waals surface area contributed by atoms with E-state index in [2.05, 4.69) is 4.90 Å². The Labute approximate surface area is 123 Å². The fourth-order valence-electron chi connectivity index (χ4n) is 2.68. The average molecular weight is 299 g/mol. The largest absolute Gasteiger partial charge is 0.467 e. The normalized spacial score (nSPS) is 23.2. The Morgan fingerprint density at radius 2 is 2.30 bits per heavy atom. The highest BCUT2D eigenvalue weighted by Gasteiger charge is 2.22. The molecule has 0 spiro atoms. The van der Waals surface area contributed by atoms with Gasteiger partial charge >= 0.3 is 0 Å². The zero-order valence-electron chi connectivity index (χ0n) is 11.3. The van der Waals surface area contributed by atoms with E-state index in [9.17, 15) is 0 Å². The molecule has 5 nitrogen and oxygen atoms in total. The highest BCUT2D eigenvalue weighted by molar-refractivity contribution is 6.30. The number of nitrogens with two attached hydrogens (primary N) is 1. The molecule has 0 saturated carbocycles. The Morgan fingerprint density at radius 1 is 1.40 bits per heavy atom. The maximum absolute atomic E-state index is 6.18. The van der Waals surface area contributed by atoms with E-state index >= 15 is 0 Å². The van der Waals surface area contributed by atoms with Crippen LogP contribution in [0.25, 0.3) is 0 Å². The molecular formula is C14H19ClN2O3. The number of hydrogen-bond acceptors (Lipinski definition) is 5. The SMILES string of the molecule is NCC1CN(Cc2cc(Cl)cc3c2OCOC3)CCO1. The number of fused-ring (bicyclic) bond motifs is 1. The van der Waals surface area contributed by atoms with Crippen LogP contribution in [-0.4, -0.2) is 44.0 Å². The minimum atomic E-state index is 0.114. The molecule has 2 aliphatic heterocycles. The van der Waals surface area contributed by atoms with Crippen molar-refractivity contribution in [3.8, 4) is 5.75 Å². The van der Waals surface area contributed by atoms with Crippen molar-refractivity contribution in [2.24, 2.45) is 5.73 Å². The molecule has 20 heavy (non-hydrogen) atoms. The molecule has 2 aliphatic rings. The predicted molar refractivity (Wildman–Crippen MR) is 75.8 cm³/mol. The predicted octanol–water partition coefficient (Wildman–Crippen LogP) is 1.37. The van der Waals surface area contributed by atoms with Crippen LogP contribution in [0.15, 0.2) is 12.1 Å². The number of morpholine rings is 1. The average Bonchev–Trinajstić information content (AvgIpc) is 2.47. The summed E-state index contributed by atoms with van der Waals surface area (Å²) < 4.78 is 16.5. The van der Waals surface area contributed by atoms with E-state index in [0.29, 0.717) is 26.6 Å². The first-order valence-corrected chi connectivity index (χ1v) is 7.20. The van der Waals surface area contributed by atoms with Crippen molar-refractivity contribution in [1.82, 2.24) is 4.90 Å². The topological polar surface area (TPSA) is 57.0 Å². The van der Waals surface area contributed by atoms with E-state index < -0.39 is 0 Å². The fourth-order valence-corrected chi connectivity index (χ4v) is 2.95. The summed E-state index contributed by atoms with van der Waals surface area (Å²) in [7, 11) is 0. The van der Waals surface area contributed by atoms with Crippen molar-refractivity contribution >= 4 is 11.6 Å². The lowest BCUT2D eigenvalue weighted by molar-refractivity contribution is -0.0297. The van der Waals surface area contributed by atoms with Crippen LogP contribution in [0, 0.1) is 0 Å². The monoisotopic (exact) mass is 298 g/mol. The third-order valence-corrected chi connectivity index (χ3v) is 3.85. The lowest BCUT2D eigenvalue weighted by Crippen LogP contribution is -2.45. The van der Waals surface area contributed by atoms with Gasteiger partial charge in [0.05, 0.1) is 19.3 Å². The first-order valence-electron chi connectivity index (χ1n) is 6.82. The van der Waals surface area contributed by atoms with Gasteiger partial charge in [-0.2, -0.15) is 0 Å². The molecule has 3 rings (SSSR count). The number of rotatable bonds is 3. The fraction of sp³-hybridized carbons (Fsp3) is 0.571. The Balaban J connectivity index is 1.78. The molecule has 0 radical (unpaired) electrons. The number of halogens is 1. The second-order valence-corrected chi connectivity index (χ2v) is 5.56. The van der Waals surface area contributed by atoms with Gasteiger partial charge in [-0.15, -0.1) is 0 Å².